The molecule has 0 radical (unpaired) electrons. The van der Waals surface area contributed by atoms with Crippen molar-refractivity contribution in [3.63, 3.8) is 0 Å². The molecule has 1 aromatic rings. The number of fused-ring (bicyclic) bond motifs is 1. The molecular weight excluding hydrogens is 242 g/mol. The van der Waals surface area contributed by atoms with Crippen LogP contribution >= 0.6 is 0 Å². The summed E-state index contributed by atoms with van der Waals surface area (Å²) in [7, 11) is -3.23. The molecule has 0 bridgehead atoms. The summed E-state index contributed by atoms with van der Waals surface area (Å²) in [5.74, 6) is -0.906. The van der Waals surface area contributed by atoms with E-state index >= 15 is 0 Å². The minimum atomic E-state index is -3.23. The molecular formula is C11H13NO4S. The second kappa shape index (κ2) is 4.12. The molecule has 1 aliphatic heterocycles. The number of nitrogens with zero attached hydrogens (tertiary/aromatic N) is 1. The van der Waals surface area contributed by atoms with E-state index in [1.54, 1.807) is 12.1 Å². The Morgan fingerprint density at radius 1 is 1.41 bits per heavy atom. The maximum Gasteiger partial charge on any atom is 0.307 e. The Labute approximate surface area is 99.7 Å². The van der Waals surface area contributed by atoms with Gasteiger partial charge in [0.2, 0.25) is 10.0 Å². The van der Waals surface area contributed by atoms with Crippen LogP contribution in [0, 0.1) is 0 Å². The van der Waals surface area contributed by atoms with E-state index in [0.717, 1.165) is 17.4 Å². The lowest BCUT2D eigenvalue weighted by Gasteiger charge is -2.11. The summed E-state index contributed by atoms with van der Waals surface area (Å²) in [5.41, 5.74) is 2.43. The van der Waals surface area contributed by atoms with Gasteiger partial charge in [0, 0.05) is 13.1 Å². The molecule has 0 saturated heterocycles. The van der Waals surface area contributed by atoms with Crippen LogP contribution in [-0.2, 0) is 34.3 Å². The van der Waals surface area contributed by atoms with Crippen LogP contribution in [0.4, 0.5) is 0 Å². The quantitative estimate of drug-likeness (QED) is 0.857. The third kappa shape index (κ3) is 2.48. The first-order valence-electron chi connectivity index (χ1n) is 5.14. The summed E-state index contributed by atoms with van der Waals surface area (Å²) in [6.07, 6.45) is 1.09. The lowest BCUT2D eigenvalue weighted by molar-refractivity contribution is -0.136. The number of sulfonamides is 1. The minimum Gasteiger partial charge on any atom is -0.481 e. The van der Waals surface area contributed by atoms with Crippen LogP contribution in [-0.4, -0.2) is 30.1 Å². The predicted octanol–water partition coefficient (Wildman–Crippen LogP) is 0.589. The first kappa shape index (κ1) is 12.1. The first-order chi connectivity index (χ1) is 7.88. The topological polar surface area (TPSA) is 74.7 Å². The van der Waals surface area contributed by atoms with Gasteiger partial charge in [0.15, 0.2) is 0 Å². The second-order valence-electron chi connectivity index (χ2n) is 4.16. The van der Waals surface area contributed by atoms with Crippen molar-refractivity contribution in [1.29, 1.82) is 0 Å². The van der Waals surface area contributed by atoms with Gasteiger partial charge in [0.25, 0.3) is 0 Å². The molecule has 92 valence electrons. The third-order valence-electron chi connectivity index (χ3n) is 2.86. The lowest BCUT2D eigenvalue weighted by atomic mass is 10.0. The Morgan fingerprint density at radius 2 is 2.12 bits per heavy atom. The Bertz CT molecular complexity index is 565. The van der Waals surface area contributed by atoms with E-state index in [2.05, 4.69) is 0 Å². The molecule has 1 N–H and O–H groups in total. The van der Waals surface area contributed by atoms with Crippen molar-refractivity contribution in [3.05, 3.63) is 34.9 Å². The van der Waals surface area contributed by atoms with Gasteiger partial charge in [-0.05, 0) is 16.7 Å². The van der Waals surface area contributed by atoms with E-state index < -0.39 is 16.0 Å². The first-order valence-corrected chi connectivity index (χ1v) is 6.99. The van der Waals surface area contributed by atoms with Crippen LogP contribution in [0.25, 0.3) is 0 Å². The molecule has 0 spiro atoms. The van der Waals surface area contributed by atoms with Crippen molar-refractivity contribution in [2.75, 3.05) is 6.26 Å². The van der Waals surface area contributed by atoms with Crippen molar-refractivity contribution in [1.82, 2.24) is 4.31 Å². The average molecular weight is 255 g/mol. The molecule has 0 amide bonds. The molecule has 6 heteroatoms. The Kier molecular flexibility index (Phi) is 2.92. The SMILES string of the molecule is CS(=O)(=O)N1Cc2cccc(CC(=O)O)c2C1. The van der Waals surface area contributed by atoms with Crippen LogP contribution in [0.5, 0.6) is 0 Å². The highest BCUT2D eigenvalue weighted by Crippen LogP contribution is 2.27. The molecule has 0 atom stereocenters. The zero-order valence-corrected chi connectivity index (χ0v) is 10.2. The molecule has 1 heterocycles. The zero-order valence-electron chi connectivity index (χ0n) is 9.38. The summed E-state index contributed by atoms with van der Waals surface area (Å²) < 4.78 is 24.2. The van der Waals surface area contributed by atoms with Crippen LogP contribution in [0.3, 0.4) is 0 Å². The summed E-state index contributed by atoms with van der Waals surface area (Å²) in [4.78, 5) is 10.7. The summed E-state index contributed by atoms with van der Waals surface area (Å²) in [6.45, 7) is 0.610. The van der Waals surface area contributed by atoms with E-state index in [1.165, 1.54) is 4.31 Å². The summed E-state index contributed by atoms with van der Waals surface area (Å²) in [5, 5.41) is 8.79. The van der Waals surface area contributed by atoms with Gasteiger partial charge >= 0.3 is 5.97 Å². The van der Waals surface area contributed by atoms with Gasteiger partial charge in [-0.15, -0.1) is 0 Å². The highest BCUT2D eigenvalue weighted by molar-refractivity contribution is 7.88. The lowest BCUT2D eigenvalue weighted by Crippen LogP contribution is -2.24. The molecule has 1 aromatic carbocycles. The Balaban J connectivity index is 2.35. The van der Waals surface area contributed by atoms with E-state index in [4.69, 9.17) is 5.11 Å². The highest BCUT2D eigenvalue weighted by atomic mass is 32.2. The summed E-state index contributed by atoms with van der Waals surface area (Å²) >= 11 is 0. The van der Waals surface area contributed by atoms with Gasteiger partial charge < -0.3 is 5.11 Å². The van der Waals surface area contributed by atoms with Crippen molar-refractivity contribution < 1.29 is 18.3 Å². The third-order valence-corrected chi connectivity index (χ3v) is 4.06. The van der Waals surface area contributed by atoms with E-state index in [1.807, 2.05) is 6.07 Å². The zero-order chi connectivity index (χ0) is 12.6. The van der Waals surface area contributed by atoms with E-state index in [0.29, 0.717) is 12.1 Å². The van der Waals surface area contributed by atoms with Gasteiger partial charge in [-0.25, -0.2) is 8.42 Å². The van der Waals surface area contributed by atoms with Crippen molar-refractivity contribution in [2.45, 2.75) is 19.5 Å². The van der Waals surface area contributed by atoms with Gasteiger partial charge in [-0.1, -0.05) is 18.2 Å². The maximum atomic E-state index is 11.4. The minimum absolute atomic E-state index is 0.0687. The van der Waals surface area contributed by atoms with Crippen molar-refractivity contribution >= 4 is 16.0 Å². The molecule has 0 aromatic heterocycles. The number of carboxylic acids is 1. The Morgan fingerprint density at radius 3 is 2.71 bits per heavy atom. The van der Waals surface area contributed by atoms with Crippen LogP contribution < -0.4 is 0 Å². The molecule has 5 nitrogen and oxygen atoms in total. The monoisotopic (exact) mass is 255 g/mol. The van der Waals surface area contributed by atoms with Gasteiger partial charge in [-0.2, -0.15) is 4.31 Å². The number of hydrogen-bond acceptors (Lipinski definition) is 3. The van der Waals surface area contributed by atoms with Gasteiger partial charge in [-0.3, -0.25) is 4.79 Å². The molecule has 0 fully saturated rings. The largest absolute Gasteiger partial charge is 0.481 e. The highest BCUT2D eigenvalue weighted by Gasteiger charge is 2.27. The fourth-order valence-electron chi connectivity index (χ4n) is 2.02. The number of benzene rings is 1. The summed E-state index contributed by atoms with van der Waals surface area (Å²) in [6, 6.07) is 5.34. The standard InChI is InChI=1S/C11H13NO4S/c1-17(15,16)12-6-9-4-2-3-8(5-11(13)14)10(9)7-12/h2-4H,5-7H2,1H3,(H,13,14). The maximum absolute atomic E-state index is 11.4. The van der Waals surface area contributed by atoms with E-state index in [9.17, 15) is 13.2 Å². The van der Waals surface area contributed by atoms with E-state index in [-0.39, 0.29) is 13.0 Å². The normalized spacial score (nSPS) is 15.8. The molecule has 0 saturated carbocycles. The number of aliphatic carboxylic acids is 1. The molecule has 1 aliphatic rings. The second-order valence-corrected chi connectivity index (χ2v) is 6.14. The fourth-order valence-corrected chi connectivity index (χ4v) is 2.76. The van der Waals surface area contributed by atoms with Crippen LogP contribution in [0.15, 0.2) is 18.2 Å². The van der Waals surface area contributed by atoms with Crippen molar-refractivity contribution in [3.8, 4) is 0 Å². The predicted molar refractivity (Wildman–Crippen MR) is 61.9 cm³/mol. The Hall–Kier alpha value is -1.40. The number of carboxylic acid groups (broad SMARTS) is 1. The van der Waals surface area contributed by atoms with Crippen LogP contribution in [0.2, 0.25) is 0 Å². The van der Waals surface area contributed by atoms with Crippen molar-refractivity contribution in [2.24, 2.45) is 0 Å². The molecule has 0 aliphatic carbocycles. The fraction of sp³-hybridized carbons (Fsp3) is 0.364. The number of hydrogen-bond donors (Lipinski definition) is 1. The van der Waals surface area contributed by atoms with Gasteiger partial charge in [0.05, 0.1) is 12.7 Å². The number of carbonyl (C=O) groups is 1. The molecule has 0 unspecified atom stereocenters. The van der Waals surface area contributed by atoms with Gasteiger partial charge in [0.1, 0.15) is 0 Å². The smallest absolute Gasteiger partial charge is 0.307 e. The molecule has 17 heavy (non-hydrogen) atoms. The molecule has 2 rings (SSSR count). The average Bonchev–Trinajstić information content (AvgIpc) is 2.60. The van der Waals surface area contributed by atoms with Crippen LogP contribution in [0.1, 0.15) is 16.7 Å². The number of rotatable bonds is 3.